The number of amides is 1. The van der Waals surface area contributed by atoms with E-state index in [0.29, 0.717) is 19.4 Å². The zero-order valence-corrected chi connectivity index (χ0v) is 23.2. The molecule has 2 bridgehead atoms. The second-order valence-electron chi connectivity index (χ2n) is 12.3. The van der Waals surface area contributed by atoms with Gasteiger partial charge in [-0.2, -0.15) is 8.42 Å². The Morgan fingerprint density at radius 3 is 2.53 bits per heavy atom. The van der Waals surface area contributed by atoms with Crippen LogP contribution in [0.15, 0.2) is 39.6 Å². The van der Waals surface area contributed by atoms with Gasteiger partial charge in [0.15, 0.2) is 11.7 Å². The lowest BCUT2D eigenvalue weighted by Gasteiger charge is -2.45. The number of anilines is 2. The summed E-state index contributed by atoms with van der Waals surface area (Å²) in [4.78, 5) is 29.2. The molecule has 1 aromatic rings. The number of ketones is 1. The summed E-state index contributed by atoms with van der Waals surface area (Å²) in [6.45, 7) is 6.76. The summed E-state index contributed by atoms with van der Waals surface area (Å²) in [5.74, 6) is -2.46. The fraction of sp³-hybridized carbons (Fsp3) is 0.577. The number of hydrogen-bond donors (Lipinski definition) is 2. The third-order valence-electron chi connectivity index (χ3n) is 8.26. The van der Waals surface area contributed by atoms with Gasteiger partial charge in [-0.3, -0.25) is 14.3 Å². The Morgan fingerprint density at radius 2 is 1.84 bits per heavy atom. The first-order valence-electron chi connectivity index (χ1n) is 13.1. The summed E-state index contributed by atoms with van der Waals surface area (Å²) >= 11 is 0. The van der Waals surface area contributed by atoms with Crippen molar-refractivity contribution < 1.29 is 26.4 Å². The summed E-state index contributed by atoms with van der Waals surface area (Å²) in [5.41, 5.74) is 0.248. The van der Waals surface area contributed by atoms with Crippen LogP contribution in [0.2, 0.25) is 0 Å². The molecule has 2 N–H and O–H groups in total. The van der Waals surface area contributed by atoms with Crippen LogP contribution in [0.3, 0.4) is 0 Å². The van der Waals surface area contributed by atoms with Crippen LogP contribution in [-0.2, 0) is 29.6 Å². The van der Waals surface area contributed by atoms with E-state index in [1.807, 2.05) is 6.08 Å². The van der Waals surface area contributed by atoms with E-state index in [4.69, 9.17) is 0 Å². The van der Waals surface area contributed by atoms with Crippen molar-refractivity contribution in [2.24, 2.45) is 33.5 Å². The molecule has 1 amide bonds. The molecule has 1 saturated heterocycles. The van der Waals surface area contributed by atoms with Crippen molar-refractivity contribution in [1.82, 2.24) is 4.90 Å². The van der Waals surface area contributed by atoms with E-state index in [2.05, 4.69) is 41.3 Å². The smallest absolute Gasteiger partial charge is 0.286 e. The predicted octanol–water partition coefficient (Wildman–Crippen LogP) is 2.76. The zero-order chi connectivity index (χ0) is 27.2. The van der Waals surface area contributed by atoms with Gasteiger partial charge in [0.1, 0.15) is 10.7 Å². The minimum absolute atomic E-state index is 0.0260. The lowest BCUT2D eigenvalue weighted by molar-refractivity contribution is -0.151. The lowest BCUT2D eigenvalue weighted by Crippen LogP contribution is -2.61. The molecule has 2 aliphatic heterocycles. The molecule has 3 fully saturated rings. The van der Waals surface area contributed by atoms with Crippen molar-refractivity contribution in [2.75, 3.05) is 16.6 Å². The van der Waals surface area contributed by atoms with Crippen LogP contribution in [0.4, 0.5) is 11.4 Å². The molecule has 2 heterocycles. The quantitative estimate of drug-likeness (QED) is 0.402. The average molecular weight is 561 g/mol. The number of benzene rings is 1. The minimum atomic E-state index is -4.30. The van der Waals surface area contributed by atoms with Crippen LogP contribution < -0.4 is 10.0 Å². The molecule has 1 aromatic carbocycles. The molecule has 0 radical (unpaired) electrons. The molecule has 6 rings (SSSR count). The second kappa shape index (κ2) is 8.38. The highest BCUT2D eigenvalue weighted by molar-refractivity contribution is 7.93. The summed E-state index contributed by atoms with van der Waals surface area (Å²) < 4.78 is 57.5. The third-order valence-corrected chi connectivity index (χ3v) is 11.5. The van der Waals surface area contributed by atoms with Gasteiger partial charge in [0, 0.05) is 24.2 Å². The summed E-state index contributed by atoms with van der Waals surface area (Å²) in [6.07, 6.45) is 6.85. The van der Waals surface area contributed by atoms with E-state index in [9.17, 15) is 26.4 Å². The number of rotatable bonds is 6. The minimum Gasteiger partial charge on any atom is -0.341 e. The van der Waals surface area contributed by atoms with E-state index in [0.717, 1.165) is 12.8 Å². The molecular weight excluding hydrogens is 528 g/mol. The number of Topliss-reactive ketones (excluding diaryl/α,β-unsaturated/α-hetero) is 1. The number of hydrogen-bond acceptors (Lipinski definition) is 7. The van der Waals surface area contributed by atoms with Gasteiger partial charge in [-0.15, -0.1) is 4.40 Å². The topological polar surface area (TPSA) is 142 Å². The molecule has 5 unspecified atom stereocenters. The Morgan fingerprint density at radius 1 is 1.13 bits per heavy atom. The molecule has 38 heavy (non-hydrogen) atoms. The molecule has 5 aliphatic rings. The molecule has 12 heteroatoms. The van der Waals surface area contributed by atoms with E-state index in [1.165, 1.54) is 18.2 Å². The van der Waals surface area contributed by atoms with Gasteiger partial charge in [0.2, 0.25) is 15.9 Å². The van der Waals surface area contributed by atoms with E-state index in [1.54, 1.807) is 4.90 Å². The lowest BCUT2D eigenvalue weighted by atomic mass is 9.75. The SMILES string of the molecule is CC(C)(C)CCN1C(=O)C(C2=NS(=O)(=O)c3cc(NS(=O)(=O)C4CC4)ccc3N2)C(=O)C2C3C=CC(C3)C21. The third kappa shape index (κ3) is 4.25. The zero-order valence-electron chi connectivity index (χ0n) is 21.5. The maximum atomic E-state index is 13.9. The highest BCUT2D eigenvalue weighted by Crippen LogP contribution is 2.50. The van der Waals surface area contributed by atoms with Crippen molar-refractivity contribution in [3.8, 4) is 0 Å². The molecule has 0 spiro atoms. The van der Waals surface area contributed by atoms with Crippen LogP contribution in [0, 0.1) is 29.1 Å². The number of allylic oxidation sites excluding steroid dienone is 1. The average Bonchev–Trinajstić information content (AvgIpc) is 3.49. The maximum Gasteiger partial charge on any atom is 0.286 e. The summed E-state index contributed by atoms with van der Waals surface area (Å²) in [7, 11) is -7.88. The number of fused-ring (bicyclic) bond motifs is 6. The number of carbonyl (C=O) groups is 2. The number of nitrogens with one attached hydrogen (secondary N) is 2. The van der Waals surface area contributed by atoms with Gasteiger partial charge in [0.25, 0.3) is 10.0 Å². The number of likely N-dealkylation sites (tertiary alicyclic amines) is 1. The Kier molecular flexibility index (Phi) is 5.63. The standard InChI is InChI=1S/C26H32N4O6S2/c1-26(2,3)10-11-30-22-15-5-4-14(12-15)20(22)23(31)21(25(30)32)24-27-18-9-6-16(13-19(18)38(35,36)29-24)28-37(33,34)17-7-8-17/h4-6,9,13-15,17,20-22,28H,7-8,10-12H2,1-3H3,(H,27,29). The van der Waals surface area contributed by atoms with Crippen LogP contribution in [-0.4, -0.2) is 57.1 Å². The fourth-order valence-corrected chi connectivity index (χ4v) is 8.75. The Hall–Kier alpha value is -2.73. The van der Waals surface area contributed by atoms with Gasteiger partial charge in [-0.05, 0) is 61.1 Å². The van der Waals surface area contributed by atoms with Crippen molar-refractivity contribution in [3.63, 3.8) is 0 Å². The normalized spacial score (nSPS) is 31.5. The van der Waals surface area contributed by atoms with Crippen LogP contribution in [0.1, 0.15) is 46.5 Å². The van der Waals surface area contributed by atoms with E-state index < -0.39 is 37.1 Å². The van der Waals surface area contributed by atoms with Crippen molar-refractivity contribution >= 4 is 48.9 Å². The highest BCUT2D eigenvalue weighted by atomic mass is 32.2. The van der Waals surface area contributed by atoms with Gasteiger partial charge in [-0.1, -0.05) is 32.9 Å². The molecule has 0 aromatic heterocycles. The largest absolute Gasteiger partial charge is 0.341 e. The fourth-order valence-electron chi connectivity index (χ4n) is 6.19. The Bertz CT molecular complexity index is 1500. The van der Waals surface area contributed by atoms with Crippen LogP contribution in [0.25, 0.3) is 0 Å². The van der Waals surface area contributed by atoms with Gasteiger partial charge < -0.3 is 10.2 Å². The first kappa shape index (κ1) is 25.5. The number of piperidine rings is 1. The first-order chi connectivity index (χ1) is 17.7. The number of carbonyl (C=O) groups excluding carboxylic acids is 2. The summed E-state index contributed by atoms with van der Waals surface area (Å²) in [5, 5.41) is 2.47. The van der Waals surface area contributed by atoms with Crippen molar-refractivity contribution in [2.45, 2.75) is 62.6 Å². The van der Waals surface area contributed by atoms with E-state index in [-0.39, 0.29) is 57.1 Å². The molecule has 2 saturated carbocycles. The Balaban J connectivity index is 1.33. The molecule has 5 atom stereocenters. The highest BCUT2D eigenvalue weighted by Gasteiger charge is 2.59. The monoisotopic (exact) mass is 560 g/mol. The van der Waals surface area contributed by atoms with Crippen molar-refractivity contribution in [1.29, 1.82) is 0 Å². The predicted molar refractivity (Wildman–Crippen MR) is 143 cm³/mol. The number of amidine groups is 1. The van der Waals surface area contributed by atoms with Crippen LogP contribution >= 0.6 is 0 Å². The van der Waals surface area contributed by atoms with Crippen LogP contribution in [0.5, 0.6) is 0 Å². The molecular formula is C26H32N4O6S2. The second-order valence-corrected chi connectivity index (χ2v) is 15.8. The number of nitrogens with zero attached hydrogens (tertiary/aromatic N) is 2. The number of sulfonamides is 2. The van der Waals surface area contributed by atoms with Crippen molar-refractivity contribution in [3.05, 3.63) is 30.4 Å². The maximum absolute atomic E-state index is 13.9. The first-order valence-corrected chi connectivity index (χ1v) is 16.0. The summed E-state index contributed by atoms with van der Waals surface area (Å²) in [6, 6.07) is 3.90. The Labute approximate surface area is 223 Å². The van der Waals surface area contributed by atoms with E-state index >= 15 is 0 Å². The van der Waals surface area contributed by atoms with Gasteiger partial charge in [0.05, 0.1) is 10.9 Å². The molecule has 3 aliphatic carbocycles. The van der Waals surface area contributed by atoms with Gasteiger partial charge >= 0.3 is 0 Å². The molecule has 10 nitrogen and oxygen atoms in total. The van der Waals surface area contributed by atoms with Gasteiger partial charge in [-0.25, -0.2) is 8.42 Å². The molecule has 204 valence electrons.